The SMILES string of the molecule is O=C(O)C(I)CCCc1ccc(Br)cc1. The van der Waals surface area contributed by atoms with Gasteiger partial charge in [0.2, 0.25) is 0 Å². The highest BCUT2D eigenvalue weighted by atomic mass is 127. The van der Waals surface area contributed by atoms with E-state index < -0.39 is 5.97 Å². The summed E-state index contributed by atoms with van der Waals surface area (Å²) < 4.78 is 0.807. The summed E-state index contributed by atoms with van der Waals surface area (Å²) in [6.07, 6.45) is 2.59. The minimum absolute atomic E-state index is 0.266. The lowest BCUT2D eigenvalue weighted by atomic mass is 10.1. The van der Waals surface area contributed by atoms with Crippen LogP contribution in [0, 0.1) is 0 Å². The number of hydrogen-bond acceptors (Lipinski definition) is 1. The summed E-state index contributed by atoms with van der Waals surface area (Å²) >= 11 is 5.35. The molecule has 1 unspecified atom stereocenters. The van der Waals surface area contributed by atoms with Crippen LogP contribution in [0.5, 0.6) is 0 Å². The number of alkyl halides is 1. The Hall–Kier alpha value is -0.100. The lowest BCUT2D eigenvalue weighted by Gasteiger charge is -2.04. The van der Waals surface area contributed by atoms with Crippen LogP contribution in [-0.2, 0) is 11.2 Å². The van der Waals surface area contributed by atoms with Crippen LogP contribution < -0.4 is 0 Å². The molecule has 0 aromatic heterocycles. The van der Waals surface area contributed by atoms with E-state index in [-0.39, 0.29) is 3.92 Å². The maximum atomic E-state index is 10.6. The van der Waals surface area contributed by atoms with Crippen molar-refractivity contribution in [1.82, 2.24) is 0 Å². The fourth-order valence-electron chi connectivity index (χ4n) is 1.26. The minimum Gasteiger partial charge on any atom is -0.480 e. The van der Waals surface area contributed by atoms with Crippen LogP contribution in [0.4, 0.5) is 0 Å². The van der Waals surface area contributed by atoms with Gasteiger partial charge in [-0.05, 0) is 37.0 Å². The van der Waals surface area contributed by atoms with Gasteiger partial charge >= 0.3 is 5.97 Å². The lowest BCUT2D eigenvalue weighted by molar-refractivity contribution is -0.136. The highest BCUT2D eigenvalue weighted by molar-refractivity contribution is 14.1. The predicted molar refractivity (Wildman–Crippen MR) is 72.5 cm³/mol. The summed E-state index contributed by atoms with van der Waals surface area (Å²) in [5, 5.41) is 8.70. The Balaban J connectivity index is 2.32. The molecule has 0 aliphatic rings. The summed E-state index contributed by atoms with van der Waals surface area (Å²) in [4.78, 5) is 10.6. The average Bonchev–Trinajstić information content (AvgIpc) is 2.20. The van der Waals surface area contributed by atoms with Crippen molar-refractivity contribution in [2.75, 3.05) is 0 Å². The first kappa shape index (κ1) is 13.0. The molecular formula is C11H12BrIO2. The predicted octanol–water partition coefficient (Wildman–Crippen LogP) is 3.66. The standard InChI is InChI=1S/C11H12BrIO2/c12-9-6-4-8(5-7-9)2-1-3-10(13)11(14)15/h4-7,10H,1-3H2,(H,14,15). The highest BCUT2D eigenvalue weighted by Crippen LogP contribution is 2.15. The Bertz CT molecular complexity index is 324. The fraction of sp³-hybridized carbons (Fsp3) is 0.364. The zero-order valence-electron chi connectivity index (χ0n) is 8.12. The summed E-state index contributed by atoms with van der Waals surface area (Å²) in [6.45, 7) is 0. The van der Waals surface area contributed by atoms with Gasteiger partial charge in [0.05, 0.1) is 0 Å². The molecule has 0 saturated heterocycles. The monoisotopic (exact) mass is 382 g/mol. The highest BCUT2D eigenvalue weighted by Gasteiger charge is 2.11. The van der Waals surface area contributed by atoms with Gasteiger partial charge in [-0.15, -0.1) is 0 Å². The molecule has 15 heavy (non-hydrogen) atoms. The third kappa shape index (κ3) is 4.97. The van der Waals surface area contributed by atoms with E-state index in [1.165, 1.54) is 5.56 Å². The van der Waals surface area contributed by atoms with Crippen LogP contribution in [0.2, 0.25) is 0 Å². The molecule has 0 amide bonds. The van der Waals surface area contributed by atoms with Crippen LogP contribution in [0.15, 0.2) is 28.7 Å². The fourth-order valence-corrected chi connectivity index (χ4v) is 1.96. The number of carboxylic acid groups (broad SMARTS) is 1. The van der Waals surface area contributed by atoms with Crippen LogP contribution in [0.3, 0.4) is 0 Å². The number of carboxylic acids is 1. The van der Waals surface area contributed by atoms with E-state index in [9.17, 15) is 4.79 Å². The van der Waals surface area contributed by atoms with Crippen molar-refractivity contribution in [1.29, 1.82) is 0 Å². The molecule has 1 rings (SSSR count). The van der Waals surface area contributed by atoms with Gasteiger partial charge in [0.25, 0.3) is 0 Å². The number of benzene rings is 1. The van der Waals surface area contributed by atoms with Crippen LogP contribution in [0.1, 0.15) is 18.4 Å². The largest absolute Gasteiger partial charge is 0.480 e. The molecule has 0 spiro atoms. The van der Waals surface area contributed by atoms with Gasteiger partial charge in [-0.2, -0.15) is 0 Å². The maximum absolute atomic E-state index is 10.6. The van der Waals surface area contributed by atoms with Gasteiger partial charge in [0, 0.05) is 4.47 Å². The summed E-state index contributed by atoms with van der Waals surface area (Å²) in [5.41, 5.74) is 1.26. The van der Waals surface area contributed by atoms with E-state index >= 15 is 0 Å². The Labute approximate surface area is 111 Å². The second kappa shape index (κ2) is 6.48. The molecule has 1 aromatic rings. The van der Waals surface area contributed by atoms with Gasteiger partial charge in [-0.25, -0.2) is 0 Å². The molecule has 0 aliphatic carbocycles. The number of halogens is 2. The van der Waals surface area contributed by atoms with Crippen LogP contribution in [-0.4, -0.2) is 15.0 Å². The molecule has 0 aliphatic heterocycles. The molecule has 0 saturated carbocycles. The van der Waals surface area contributed by atoms with Crippen molar-refractivity contribution in [3.63, 3.8) is 0 Å². The van der Waals surface area contributed by atoms with Crippen LogP contribution in [0.25, 0.3) is 0 Å². The van der Waals surface area contributed by atoms with Gasteiger partial charge < -0.3 is 5.11 Å². The average molecular weight is 383 g/mol. The Kier molecular flexibility index (Phi) is 5.60. The molecule has 0 fully saturated rings. The molecule has 0 heterocycles. The molecule has 82 valence electrons. The van der Waals surface area contributed by atoms with E-state index in [1.807, 2.05) is 34.7 Å². The molecule has 4 heteroatoms. The topological polar surface area (TPSA) is 37.3 Å². The zero-order valence-corrected chi connectivity index (χ0v) is 11.9. The summed E-state index contributed by atoms with van der Waals surface area (Å²) in [6, 6.07) is 8.14. The molecule has 2 nitrogen and oxygen atoms in total. The Morgan fingerprint density at radius 2 is 2.00 bits per heavy atom. The van der Waals surface area contributed by atoms with Gasteiger partial charge in [-0.3, -0.25) is 4.79 Å². The van der Waals surface area contributed by atoms with Gasteiger partial charge in [0.15, 0.2) is 0 Å². The van der Waals surface area contributed by atoms with E-state index in [1.54, 1.807) is 0 Å². The van der Waals surface area contributed by atoms with Crippen molar-refractivity contribution in [3.05, 3.63) is 34.3 Å². The third-order valence-corrected chi connectivity index (χ3v) is 3.79. The molecule has 0 radical (unpaired) electrons. The minimum atomic E-state index is -0.716. The Morgan fingerprint density at radius 1 is 1.40 bits per heavy atom. The number of aryl methyl sites for hydroxylation is 1. The number of aliphatic carboxylic acids is 1. The third-order valence-electron chi connectivity index (χ3n) is 2.10. The molecular weight excluding hydrogens is 371 g/mol. The van der Waals surface area contributed by atoms with Gasteiger partial charge in [0.1, 0.15) is 3.92 Å². The number of hydrogen-bond donors (Lipinski definition) is 1. The van der Waals surface area contributed by atoms with E-state index in [0.29, 0.717) is 0 Å². The van der Waals surface area contributed by atoms with Gasteiger partial charge in [-0.1, -0.05) is 50.7 Å². The maximum Gasteiger partial charge on any atom is 0.316 e. The van der Waals surface area contributed by atoms with E-state index in [2.05, 4.69) is 28.1 Å². The number of carbonyl (C=O) groups is 1. The van der Waals surface area contributed by atoms with Crippen molar-refractivity contribution in [3.8, 4) is 0 Å². The lowest BCUT2D eigenvalue weighted by Crippen LogP contribution is -2.12. The molecule has 0 bridgehead atoms. The van der Waals surface area contributed by atoms with Crippen LogP contribution >= 0.6 is 38.5 Å². The second-order valence-corrected chi connectivity index (χ2v) is 5.74. The number of rotatable bonds is 5. The Morgan fingerprint density at radius 3 is 2.53 bits per heavy atom. The quantitative estimate of drug-likeness (QED) is 0.623. The van der Waals surface area contributed by atoms with Crippen molar-refractivity contribution >= 4 is 44.5 Å². The van der Waals surface area contributed by atoms with Crippen molar-refractivity contribution in [2.24, 2.45) is 0 Å². The molecule has 1 N–H and O–H groups in total. The molecule has 1 aromatic carbocycles. The first-order valence-corrected chi connectivity index (χ1v) is 6.75. The van der Waals surface area contributed by atoms with Crippen molar-refractivity contribution < 1.29 is 9.90 Å². The zero-order chi connectivity index (χ0) is 11.3. The van der Waals surface area contributed by atoms with E-state index in [4.69, 9.17) is 5.11 Å². The van der Waals surface area contributed by atoms with Crippen molar-refractivity contribution in [2.45, 2.75) is 23.2 Å². The molecule has 1 atom stereocenters. The first-order chi connectivity index (χ1) is 7.09. The first-order valence-electron chi connectivity index (χ1n) is 4.71. The smallest absolute Gasteiger partial charge is 0.316 e. The van der Waals surface area contributed by atoms with E-state index in [0.717, 1.165) is 23.7 Å². The summed E-state index contributed by atoms with van der Waals surface area (Å²) in [5.74, 6) is -0.716. The summed E-state index contributed by atoms with van der Waals surface area (Å²) in [7, 11) is 0. The second-order valence-electron chi connectivity index (χ2n) is 3.32. The normalized spacial score (nSPS) is 12.4.